The first-order valence-corrected chi connectivity index (χ1v) is 10.4. The van der Waals surface area contributed by atoms with Crippen molar-refractivity contribution in [3.05, 3.63) is 72.9 Å². The quantitative estimate of drug-likeness (QED) is 0.613. The lowest BCUT2D eigenvalue weighted by atomic mass is 10.2. The molecule has 2 heteroatoms. The van der Waals surface area contributed by atoms with Gasteiger partial charge in [-0.2, -0.15) is 0 Å². The summed E-state index contributed by atoms with van der Waals surface area (Å²) in [5, 5.41) is 0. The van der Waals surface area contributed by atoms with Crippen molar-refractivity contribution in [3.8, 4) is 0 Å². The fraction of sp³-hybridized carbons (Fsp3) is 0.368. The zero-order valence-corrected chi connectivity index (χ0v) is 13.7. The predicted octanol–water partition coefficient (Wildman–Crippen LogP) is 4.80. The molecule has 3 aliphatic rings. The smallest absolute Gasteiger partial charge is 0.194 e. The molecule has 0 radical (unpaired) electrons. The lowest BCUT2D eigenvalue weighted by Gasteiger charge is -2.34. The summed E-state index contributed by atoms with van der Waals surface area (Å²) < 4.78 is 6.26. The van der Waals surface area contributed by atoms with Gasteiger partial charge >= 0.3 is 0 Å². The Bertz CT molecular complexity index is 426. The van der Waals surface area contributed by atoms with Gasteiger partial charge in [0.2, 0.25) is 0 Å². The van der Waals surface area contributed by atoms with E-state index in [-0.39, 0.29) is 0 Å². The van der Waals surface area contributed by atoms with E-state index in [2.05, 4.69) is 72.9 Å². The zero-order chi connectivity index (χ0) is 14.5. The van der Waals surface area contributed by atoms with Crippen molar-refractivity contribution in [1.29, 1.82) is 0 Å². The third-order valence-corrected chi connectivity index (χ3v) is 9.25. The topological polar surface area (TPSA) is 9.23 Å². The second-order valence-electron chi connectivity index (χ2n) is 6.30. The van der Waals surface area contributed by atoms with E-state index in [1.165, 1.54) is 18.1 Å². The van der Waals surface area contributed by atoms with E-state index in [0.717, 1.165) is 0 Å². The molecule has 0 bridgehead atoms. The van der Waals surface area contributed by atoms with Gasteiger partial charge in [0.05, 0.1) is 0 Å². The first-order valence-electron chi connectivity index (χ1n) is 7.90. The standard InChI is InChI=1S/C19H24OSi/c1-20-21(14-17-8-2-3-9-17,15-18-10-4-5-11-18)16-19-12-6-7-13-19/h2-13,17-19H,14-16H2,1H3. The summed E-state index contributed by atoms with van der Waals surface area (Å²) in [4.78, 5) is 0. The molecule has 0 saturated heterocycles. The molecule has 0 aromatic heterocycles. The molecule has 0 amide bonds. The summed E-state index contributed by atoms with van der Waals surface area (Å²) in [6, 6.07) is 3.60. The molecule has 0 spiro atoms. The summed E-state index contributed by atoms with van der Waals surface area (Å²) >= 11 is 0. The number of hydrogen-bond donors (Lipinski definition) is 0. The van der Waals surface area contributed by atoms with Crippen molar-refractivity contribution in [3.63, 3.8) is 0 Å². The van der Waals surface area contributed by atoms with Gasteiger partial charge in [0.1, 0.15) is 0 Å². The fourth-order valence-corrected chi connectivity index (χ4v) is 8.02. The van der Waals surface area contributed by atoms with Crippen LogP contribution < -0.4 is 0 Å². The van der Waals surface area contributed by atoms with Gasteiger partial charge in [0.15, 0.2) is 8.32 Å². The molecule has 3 aliphatic carbocycles. The molecule has 3 rings (SSSR count). The molecular weight excluding hydrogens is 272 g/mol. The Kier molecular flexibility index (Phi) is 4.56. The first kappa shape index (κ1) is 14.5. The summed E-state index contributed by atoms with van der Waals surface area (Å²) in [6.07, 6.45) is 27.0. The van der Waals surface area contributed by atoms with Crippen LogP contribution in [0.25, 0.3) is 0 Å². The number of allylic oxidation sites excluding steroid dienone is 12. The van der Waals surface area contributed by atoms with Crippen LogP contribution in [-0.2, 0) is 4.43 Å². The molecule has 0 saturated carbocycles. The Labute approximate surface area is 129 Å². The molecule has 0 fully saturated rings. The average Bonchev–Trinajstić information content (AvgIpc) is 3.21. The minimum Gasteiger partial charge on any atom is -0.420 e. The Morgan fingerprint density at radius 1 is 0.619 bits per heavy atom. The van der Waals surface area contributed by atoms with E-state index in [1.54, 1.807) is 0 Å². The number of hydrogen-bond acceptors (Lipinski definition) is 1. The van der Waals surface area contributed by atoms with Crippen LogP contribution in [0.3, 0.4) is 0 Å². The van der Waals surface area contributed by atoms with Gasteiger partial charge in [-0.3, -0.25) is 0 Å². The maximum Gasteiger partial charge on any atom is 0.194 e. The van der Waals surface area contributed by atoms with Crippen LogP contribution in [0.4, 0.5) is 0 Å². The van der Waals surface area contributed by atoms with Crippen molar-refractivity contribution in [2.24, 2.45) is 17.8 Å². The van der Waals surface area contributed by atoms with Crippen molar-refractivity contribution < 1.29 is 4.43 Å². The average molecular weight is 296 g/mol. The predicted molar refractivity (Wildman–Crippen MR) is 92.5 cm³/mol. The second-order valence-corrected chi connectivity index (χ2v) is 10.3. The van der Waals surface area contributed by atoms with Crippen LogP contribution in [0, 0.1) is 17.8 Å². The van der Waals surface area contributed by atoms with E-state index in [9.17, 15) is 0 Å². The Morgan fingerprint density at radius 3 is 1.14 bits per heavy atom. The summed E-state index contributed by atoms with van der Waals surface area (Å²) in [5.41, 5.74) is 0. The molecular formula is C19H24OSi. The van der Waals surface area contributed by atoms with Crippen LogP contribution in [0.15, 0.2) is 72.9 Å². The summed E-state index contributed by atoms with van der Waals surface area (Å²) in [7, 11) is 0.172. The molecule has 0 heterocycles. The van der Waals surface area contributed by atoms with Crippen molar-refractivity contribution in [2.45, 2.75) is 18.1 Å². The van der Waals surface area contributed by atoms with Crippen LogP contribution in [0.2, 0.25) is 18.1 Å². The van der Waals surface area contributed by atoms with E-state index >= 15 is 0 Å². The molecule has 0 aromatic carbocycles. The van der Waals surface area contributed by atoms with E-state index in [4.69, 9.17) is 4.43 Å². The second kappa shape index (κ2) is 6.59. The van der Waals surface area contributed by atoms with Crippen molar-refractivity contribution in [2.75, 3.05) is 7.11 Å². The minimum absolute atomic E-state index is 0.570. The third-order valence-electron chi connectivity index (χ3n) is 4.74. The highest BCUT2D eigenvalue weighted by atomic mass is 28.4. The zero-order valence-electron chi connectivity index (χ0n) is 12.7. The first-order chi connectivity index (χ1) is 10.3. The highest BCUT2D eigenvalue weighted by molar-refractivity contribution is 6.74. The molecule has 0 atom stereocenters. The van der Waals surface area contributed by atoms with Crippen LogP contribution in [0.5, 0.6) is 0 Å². The number of rotatable bonds is 7. The maximum absolute atomic E-state index is 6.26. The van der Waals surface area contributed by atoms with E-state index in [0.29, 0.717) is 17.8 Å². The lowest BCUT2D eigenvalue weighted by molar-refractivity contribution is 0.379. The van der Waals surface area contributed by atoms with Crippen molar-refractivity contribution >= 4 is 8.32 Å². The highest BCUT2D eigenvalue weighted by Crippen LogP contribution is 2.37. The van der Waals surface area contributed by atoms with Gasteiger partial charge in [0, 0.05) is 7.11 Å². The molecule has 0 unspecified atom stereocenters. The van der Waals surface area contributed by atoms with Gasteiger partial charge in [-0.1, -0.05) is 72.9 Å². The van der Waals surface area contributed by atoms with Gasteiger partial charge in [0.25, 0.3) is 0 Å². The Hall–Kier alpha value is -1.38. The van der Waals surface area contributed by atoms with Gasteiger partial charge in [-0.05, 0) is 35.9 Å². The third kappa shape index (κ3) is 3.63. The normalized spacial score (nSPS) is 21.6. The summed E-state index contributed by atoms with van der Waals surface area (Å²) in [5.74, 6) is 1.71. The molecule has 0 N–H and O–H groups in total. The molecule has 0 aromatic rings. The highest BCUT2D eigenvalue weighted by Gasteiger charge is 2.39. The van der Waals surface area contributed by atoms with E-state index in [1.807, 2.05) is 7.11 Å². The minimum atomic E-state index is -1.77. The van der Waals surface area contributed by atoms with E-state index < -0.39 is 8.32 Å². The van der Waals surface area contributed by atoms with Crippen LogP contribution >= 0.6 is 0 Å². The molecule has 1 nitrogen and oxygen atoms in total. The molecule has 110 valence electrons. The summed E-state index contributed by atoms with van der Waals surface area (Å²) in [6.45, 7) is 0. The molecule has 21 heavy (non-hydrogen) atoms. The van der Waals surface area contributed by atoms with Gasteiger partial charge < -0.3 is 4.43 Å². The lowest BCUT2D eigenvalue weighted by Crippen LogP contribution is -2.41. The Balaban J connectivity index is 1.75. The Morgan fingerprint density at radius 2 is 0.905 bits per heavy atom. The van der Waals surface area contributed by atoms with Crippen LogP contribution in [0.1, 0.15) is 0 Å². The van der Waals surface area contributed by atoms with Gasteiger partial charge in [-0.25, -0.2) is 0 Å². The maximum atomic E-state index is 6.26. The molecule has 0 aliphatic heterocycles. The monoisotopic (exact) mass is 296 g/mol. The fourth-order valence-electron chi connectivity index (χ4n) is 3.63. The SMILES string of the molecule is CO[Si](CC1C=CC=C1)(CC1C=CC=C1)CC1C=CC=C1. The van der Waals surface area contributed by atoms with Crippen molar-refractivity contribution in [1.82, 2.24) is 0 Å². The largest absolute Gasteiger partial charge is 0.420 e. The van der Waals surface area contributed by atoms with Crippen LogP contribution in [-0.4, -0.2) is 15.4 Å². The van der Waals surface area contributed by atoms with Gasteiger partial charge in [-0.15, -0.1) is 0 Å².